The van der Waals surface area contributed by atoms with Crippen LogP contribution >= 0.6 is 0 Å². The molecule has 1 heterocycles. The van der Waals surface area contributed by atoms with Crippen molar-refractivity contribution in [2.75, 3.05) is 32.2 Å². The Morgan fingerprint density at radius 2 is 1.96 bits per heavy atom. The molecule has 1 amide bonds. The Kier molecular flexibility index (Phi) is 7.04. The number of pyridine rings is 1. The number of carbonyl (C=O) groups is 1. The molecule has 0 atom stereocenters. The number of aromatic nitrogens is 1. The van der Waals surface area contributed by atoms with Crippen LogP contribution in [-0.2, 0) is 4.74 Å². The fourth-order valence-corrected chi connectivity index (χ4v) is 2.11. The number of ether oxygens (including phenoxy) is 2. The van der Waals surface area contributed by atoms with Crippen LogP contribution in [0.3, 0.4) is 0 Å². The first kappa shape index (κ1) is 17.7. The summed E-state index contributed by atoms with van der Waals surface area (Å²) in [7, 11) is 1.64. The first-order valence-electron chi connectivity index (χ1n) is 7.96. The molecular formula is C18H23N3O3. The highest BCUT2D eigenvalue weighted by molar-refractivity contribution is 5.93. The summed E-state index contributed by atoms with van der Waals surface area (Å²) in [6.07, 6.45) is 2.38. The molecule has 1 aromatic carbocycles. The summed E-state index contributed by atoms with van der Waals surface area (Å²) in [6.45, 7) is 3.77. The van der Waals surface area contributed by atoms with Crippen molar-refractivity contribution in [1.82, 2.24) is 10.3 Å². The molecule has 0 spiro atoms. The third kappa shape index (κ3) is 5.55. The minimum Gasteiger partial charge on any atom is -0.494 e. The van der Waals surface area contributed by atoms with Gasteiger partial charge in [0.25, 0.3) is 5.91 Å². The molecule has 128 valence electrons. The van der Waals surface area contributed by atoms with E-state index in [1.165, 1.54) is 0 Å². The van der Waals surface area contributed by atoms with E-state index in [1.807, 2.05) is 37.3 Å². The van der Waals surface area contributed by atoms with Crippen LogP contribution in [0.15, 0.2) is 42.6 Å². The number of hydrogen-bond donors (Lipinski definition) is 2. The van der Waals surface area contributed by atoms with Crippen LogP contribution in [-0.4, -0.2) is 37.8 Å². The van der Waals surface area contributed by atoms with Gasteiger partial charge in [-0.1, -0.05) is 0 Å². The van der Waals surface area contributed by atoms with Crippen LogP contribution in [0.25, 0.3) is 0 Å². The lowest BCUT2D eigenvalue weighted by molar-refractivity contribution is 0.0943. The molecule has 2 N–H and O–H groups in total. The summed E-state index contributed by atoms with van der Waals surface area (Å²) in [4.78, 5) is 16.2. The van der Waals surface area contributed by atoms with E-state index < -0.39 is 0 Å². The molecule has 0 aliphatic heterocycles. The van der Waals surface area contributed by atoms with E-state index in [4.69, 9.17) is 9.47 Å². The molecule has 0 radical (unpaired) electrons. The Hall–Kier alpha value is -2.60. The van der Waals surface area contributed by atoms with E-state index in [9.17, 15) is 4.79 Å². The number of amides is 1. The predicted octanol–water partition coefficient (Wildman–Crippen LogP) is 2.99. The Balaban J connectivity index is 1.95. The second kappa shape index (κ2) is 9.52. The standard InChI is InChI=1S/C18H23N3O3/c1-3-24-16-7-5-14(6-8-16)21-15-9-11-19-17(13-15)18(22)20-10-4-12-23-2/h5-9,11,13H,3-4,10,12H2,1-2H3,(H,19,21)(H,20,22). The monoisotopic (exact) mass is 329 g/mol. The second-order valence-electron chi connectivity index (χ2n) is 5.11. The molecule has 2 aromatic rings. The Morgan fingerprint density at radius 3 is 2.67 bits per heavy atom. The second-order valence-corrected chi connectivity index (χ2v) is 5.11. The van der Waals surface area contributed by atoms with E-state index >= 15 is 0 Å². The molecular weight excluding hydrogens is 306 g/mol. The third-order valence-electron chi connectivity index (χ3n) is 3.26. The van der Waals surface area contributed by atoms with Crippen LogP contribution in [0.5, 0.6) is 5.75 Å². The fraction of sp³-hybridized carbons (Fsp3) is 0.333. The summed E-state index contributed by atoms with van der Waals surface area (Å²) in [5, 5.41) is 6.07. The third-order valence-corrected chi connectivity index (χ3v) is 3.26. The smallest absolute Gasteiger partial charge is 0.269 e. The molecule has 2 rings (SSSR count). The van der Waals surface area contributed by atoms with Gasteiger partial charge in [0.1, 0.15) is 11.4 Å². The lowest BCUT2D eigenvalue weighted by Gasteiger charge is -2.09. The SMILES string of the molecule is CCOc1ccc(Nc2ccnc(C(=O)NCCCOC)c2)cc1. The lowest BCUT2D eigenvalue weighted by Crippen LogP contribution is -2.26. The molecule has 0 aliphatic rings. The predicted molar refractivity (Wildman–Crippen MR) is 94.0 cm³/mol. The zero-order chi connectivity index (χ0) is 17.2. The van der Waals surface area contributed by atoms with Gasteiger partial charge in [0.2, 0.25) is 0 Å². The summed E-state index contributed by atoms with van der Waals surface area (Å²) in [5.41, 5.74) is 2.09. The molecule has 6 heteroatoms. The summed E-state index contributed by atoms with van der Waals surface area (Å²) in [5.74, 6) is 0.635. The van der Waals surface area contributed by atoms with Crippen LogP contribution in [0.2, 0.25) is 0 Å². The van der Waals surface area contributed by atoms with Crippen molar-refractivity contribution in [2.45, 2.75) is 13.3 Å². The van der Waals surface area contributed by atoms with Crippen molar-refractivity contribution in [3.8, 4) is 5.75 Å². The van der Waals surface area contributed by atoms with Gasteiger partial charge >= 0.3 is 0 Å². The maximum absolute atomic E-state index is 12.1. The van der Waals surface area contributed by atoms with Gasteiger partial charge in [-0.3, -0.25) is 9.78 Å². The molecule has 0 saturated carbocycles. The molecule has 0 bridgehead atoms. The minimum absolute atomic E-state index is 0.193. The van der Waals surface area contributed by atoms with Gasteiger partial charge in [-0.15, -0.1) is 0 Å². The molecule has 6 nitrogen and oxygen atoms in total. The maximum atomic E-state index is 12.1. The van der Waals surface area contributed by atoms with Crippen LogP contribution in [0.4, 0.5) is 11.4 Å². The maximum Gasteiger partial charge on any atom is 0.269 e. The van der Waals surface area contributed by atoms with Crippen molar-refractivity contribution >= 4 is 17.3 Å². The lowest BCUT2D eigenvalue weighted by atomic mass is 10.2. The molecule has 0 aliphatic carbocycles. The average Bonchev–Trinajstić information content (AvgIpc) is 2.61. The van der Waals surface area contributed by atoms with Gasteiger partial charge in [-0.05, 0) is 49.7 Å². The van der Waals surface area contributed by atoms with Crippen molar-refractivity contribution in [2.24, 2.45) is 0 Å². The first-order valence-corrected chi connectivity index (χ1v) is 7.96. The summed E-state index contributed by atoms with van der Waals surface area (Å²) in [6, 6.07) is 11.2. The number of benzene rings is 1. The van der Waals surface area contributed by atoms with Crippen molar-refractivity contribution in [3.05, 3.63) is 48.3 Å². The minimum atomic E-state index is -0.193. The topological polar surface area (TPSA) is 72.5 Å². The number of rotatable bonds is 9. The number of carbonyl (C=O) groups excluding carboxylic acids is 1. The van der Waals surface area contributed by atoms with Gasteiger partial charge in [0.05, 0.1) is 6.61 Å². The van der Waals surface area contributed by atoms with E-state index in [-0.39, 0.29) is 5.91 Å². The molecule has 0 fully saturated rings. The van der Waals surface area contributed by atoms with Crippen molar-refractivity contribution in [3.63, 3.8) is 0 Å². The first-order chi connectivity index (χ1) is 11.7. The summed E-state index contributed by atoms with van der Waals surface area (Å²) < 4.78 is 10.4. The fourth-order valence-electron chi connectivity index (χ4n) is 2.11. The molecule has 24 heavy (non-hydrogen) atoms. The van der Waals surface area contributed by atoms with Gasteiger partial charge in [0, 0.05) is 37.8 Å². The van der Waals surface area contributed by atoms with Gasteiger partial charge in [0.15, 0.2) is 0 Å². The Bertz CT molecular complexity index is 644. The van der Waals surface area contributed by atoms with Gasteiger partial charge in [-0.2, -0.15) is 0 Å². The Morgan fingerprint density at radius 1 is 1.17 bits per heavy atom. The normalized spacial score (nSPS) is 10.2. The molecule has 0 saturated heterocycles. The Labute approximate surface area is 142 Å². The van der Waals surface area contributed by atoms with Crippen LogP contribution < -0.4 is 15.4 Å². The number of nitrogens with one attached hydrogen (secondary N) is 2. The van der Waals surface area contributed by atoms with Crippen molar-refractivity contribution in [1.29, 1.82) is 0 Å². The van der Waals surface area contributed by atoms with E-state index in [0.717, 1.165) is 23.5 Å². The quantitative estimate of drug-likeness (QED) is 0.692. The highest BCUT2D eigenvalue weighted by Gasteiger charge is 2.07. The van der Waals surface area contributed by atoms with Crippen LogP contribution in [0, 0.1) is 0 Å². The van der Waals surface area contributed by atoms with Crippen LogP contribution in [0.1, 0.15) is 23.8 Å². The number of methoxy groups -OCH3 is 1. The number of nitrogens with zero attached hydrogens (tertiary/aromatic N) is 1. The van der Waals surface area contributed by atoms with E-state index in [1.54, 1.807) is 19.4 Å². The molecule has 1 aromatic heterocycles. The largest absolute Gasteiger partial charge is 0.494 e. The molecule has 0 unspecified atom stereocenters. The van der Waals surface area contributed by atoms with Crippen molar-refractivity contribution < 1.29 is 14.3 Å². The zero-order valence-electron chi connectivity index (χ0n) is 14.0. The average molecular weight is 329 g/mol. The van der Waals surface area contributed by atoms with Gasteiger partial charge in [-0.25, -0.2) is 0 Å². The number of hydrogen-bond acceptors (Lipinski definition) is 5. The highest BCUT2D eigenvalue weighted by Crippen LogP contribution is 2.20. The van der Waals surface area contributed by atoms with Gasteiger partial charge < -0.3 is 20.1 Å². The van der Waals surface area contributed by atoms with E-state index in [0.29, 0.717) is 25.5 Å². The van der Waals surface area contributed by atoms with E-state index in [2.05, 4.69) is 15.6 Å². The highest BCUT2D eigenvalue weighted by atomic mass is 16.5. The summed E-state index contributed by atoms with van der Waals surface area (Å²) >= 11 is 0. The zero-order valence-corrected chi connectivity index (χ0v) is 14.0. The number of anilines is 2.